The number of fused-ring (bicyclic) bond motifs is 2. The maximum atomic E-state index is 13.7. The SMILES string of the molecule is CS(=O)(=O)N1CCc2c(cccc2Nc2ncc3cc(C(F)F)nc(N4CC5(C4)CN(C4CC4)C5)c3n2)C1. The van der Waals surface area contributed by atoms with Crippen LogP contribution in [0.15, 0.2) is 30.5 Å². The average molecular weight is 542 g/mol. The smallest absolute Gasteiger partial charge is 0.280 e. The first-order chi connectivity index (χ1) is 18.2. The van der Waals surface area contributed by atoms with Crippen LogP contribution in [-0.2, 0) is 23.0 Å². The standard InChI is InChI=1S/C26H29F2N7O2S/c1-38(36,37)35-8-7-19-16(11-35)3-2-4-20(19)31-25-29-10-17-9-21(23(27)28)30-24(22(17)32-25)34-14-26(15-34)12-33(13-26)18-5-6-18/h2-4,9-10,18,23H,5-8,11-15H2,1H3,(H,29,31,32). The van der Waals surface area contributed by atoms with Crippen molar-refractivity contribution in [2.45, 2.75) is 38.3 Å². The summed E-state index contributed by atoms with van der Waals surface area (Å²) in [5.41, 5.74) is 3.28. The zero-order valence-corrected chi connectivity index (χ0v) is 21.9. The summed E-state index contributed by atoms with van der Waals surface area (Å²) in [5, 5.41) is 3.82. The van der Waals surface area contributed by atoms with E-state index in [0.717, 1.165) is 49.0 Å². The van der Waals surface area contributed by atoms with Gasteiger partial charge in [0.2, 0.25) is 16.0 Å². The van der Waals surface area contributed by atoms with Gasteiger partial charge < -0.3 is 10.2 Å². The van der Waals surface area contributed by atoms with Crippen molar-refractivity contribution in [3.63, 3.8) is 0 Å². The van der Waals surface area contributed by atoms with Gasteiger partial charge in [-0.05, 0) is 42.5 Å². The van der Waals surface area contributed by atoms with Crippen molar-refractivity contribution in [2.75, 3.05) is 49.2 Å². The molecule has 3 aromatic rings. The summed E-state index contributed by atoms with van der Waals surface area (Å²) in [6.07, 6.45) is 3.25. The maximum absolute atomic E-state index is 13.7. The van der Waals surface area contributed by atoms with E-state index in [2.05, 4.69) is 25.1 Å². The van der Waals surface area contributed by atoms with Gasteiger partial charge in [0, 0.05) is 68.0 Å². The molecule has 200 valence electrons. The summed E-state index contributed by atoms with van der Waals surface area (Å²) in [6, 6.07) is 7.83. The Morgan fingerprint density at radius 1 is 1.13 bits per heavy atom. The molecule has 1 aliphatic carbocycles. The van der Waals surface area contributed by atoms with Crippen molar-refractivity contribution < 1.29 is 17.2 Å². The van der Waals surface area contributed by atoms with Gasteiger partial charge >= 0.3 is 0 Å². The molecule has 1 saturated carbocycles. The second-order valence-corrected chi connectivity index (χ2v) is 13.2. The molecular formula is C26H29F2N7O2S. The number of sulfonamides is 1. The Kier molecular flexibility index (Phi) is 5.41. The molecule has 1 aromatic carbocycles. The molecule has 1 spiro atoms. The third kappa shape index (κ3) is 4.18. The van der Waals surface area contributed by atoms with Crippen LogP contribution in [0, 0.1) is 5.41 Å². The first-order valence-electron chi connectivity index (χ1n) is 13.0. The van der Waals surface area contributed by atoms with Crippen molar-refractivity contribution in [3.05, 3.63) is 47.3 Å². The molecule has 9 nitrogen and oxygen atoms in total. The second kappa shape index (κ2) is 8.52. The second-order valence-electron chi connectivity index (χ2n) is 11.2. The fourth-order valence-electron chi connectivity index (χ4n) is 6.17. The number of anilines is 3. The highest BCUT2D eigenvalue weighted by Crippen LogP contribution is 2.47. The van der Waals surface area contributed by atoms with E-state index in [1.807, 2.05) is 18.2 Å². The van der Waals surface area contributed by atoms with Crippen LogP contribution in [0.5, 0.6) is 0 Å². The van der Waals surface area contributed by atoms with Crippen LogP contribution in [0.3, 0.4) is 0 Å². The highest BCUT2D eigenvalue weighted by Gasteiger charge is 2.55. The minimum atomic E-state index is -3.27. The number of likely N-dealkylation sites (tertiary alicyclic amines) is 1. The van der Waals surface area contributed by atoms with Crippen molar-refractivity contribution in [2.24, 2.45) is 5.41 Å². The average Bonchev–Trinajstić information content (AvgIpc) is 3.66. The molecule has 0 bridgehead atoms. The molecule has 7 rings (SSSR count). The first kappa shape index (κ1) is 24.1. The molecule has 0 amide bonds. The van der Waals surface area contributed by atoms with Gasteiger partial charge in [0.05, 0.1) is 6.26 Å². The Morgan fingerprint density at radius 2 is 1.92 bits per heavy atom. The Hall–Kier alpha value is -2.96. The van der Waals surface area contributed by atoms with E-state index in [4.69, 9.17) is 4.98 Å². The predicted molar refractivity (Wildman–Crippen MR) is 140 cm³/mol. The van der Waals surface area contributed by atoms with Gasteiger partial charge in [-0.3, -0.25) is 4.90 Å². The van der Waals surface area contributed by atoms with E-state index >= 15 is 0 Å². The highest BCUT2D eigenvalue weighted by molar-refractivity contribution is 7.88. The Labute approximate surface area is 219 Å². The van der Waals surface area contributed by atoms with Gasteiger partial charge in [-0.15, -0.1) is 0 Å². The Bertz CT molecular complexity index is 1530. The predicted octanol–water partition coefficient (Wildman–Crippen LogP) is 3.31. The molecule has 0 unspecified atom stereocenters. The molecule has 4 aliphatic rings. The lowest BCUT2D eigenvalue weighted by molar-refractivity contribution is -0.0277. The van der Waals surface area contributed by atoms with E-state index in [1.165, 1.54) is 29.5 Å². The number of aromatic nitrogens is 3. The van der Waals surface area contributed by atoms with Crippen molar-refractivity contribution in [1.29, 1.82) is 0 Å². The van der Waals surface area contributed by atoms with Gasteiger partial charge in [-0.2, -0.15) is 4.31 Å². The van der Waals surface area contributed by atoms with E-state index in [1.54, 1.807) is 6.20 Å². The monoisotopic (exact) mass is 541 g/mol. The molecule has 12 heteroatoms. The van der Waals surface area contributed by atoms with Gasteiger partial charge in [-0.1, -0.05) is 12.1 Å². The number of nitrogens with one attached hydrogen (secondary N) is 1. The van der Waals surface area contributed by atoms with E-state index in [-0.39, 0.29) is 11.1 Å². The minimum Gasteiger partial charge on any atom is -0.353 e. The molecular weight excluding hydrogens is 512 g/mol. The van der Waals surface area contributed by atoms with E-state index in [0.29, 0.717) is 42.2 Å². The van der Waals surface area contributed by atoms with Gasteiger partial charge in [0.1, 0.15) is 11.2 Å². The lowest BCUT2D eigenvalue weighted by Gasteiger charge is -2.61. The molecule has 3 fully saturated rings. The number of benzene rings is 1. The van der Waals surface area contributed by atoms with E-state index in [9.17, 15) is 17.2 Å². The summed E-state index contributed by atoms with van der Waals surface area (Å²) in [7, 11) is -3.27. The van der Waals surface area contributed by atoms with Gasteiger partial charge in [0.15, 0.2) is 5.82 Å². The van der Waals surface area contributed by atoms with Crippen LogP contribution < -0.4 is 10.2 Å². The Morgan fingerprint density at radius 3 is 2.63 bits per heavy atom. The molecule has 0 atom stereocenters. The first-order valence-corrected chi connectivity index (χ1v) is 14.8. The molecule has 1 N–H and O–H groups in total. The molecule has 0 radical (unpaired) electrons. The van der Waals surface area contributed by atoms with Crippen LogP contribution in [0.2, 0.25) is 0 Å². The molecule has 38 heavy (non-hydrogen) atoms. The Balaban J connectivity index is 1.17. The van der Waals surface area contributed by atoms with Crippen LogP contribution in [-0.4, -0.2) is 77.6 Å². The summed E-state index contributed by atoms with van der Waals surface area (Å²) < 4.78 is 52.9. The quantitative estimate of drug-likeness (QED) is 0.508. The zero-order chi connectivity index (χ0) is 26.2. The summed E-state index contributed by atoms with van der Waals surface area (Å²) in [5.74, 6) is 0.834. The summed E-state index contributed by atoms with van der Waals surface area (Å²) >= 11 is 0. The topological polar surface area (TPSA) is 94.6 Å². The van der Waals surface area contributed by atoms with Crippen LogP contribution in [0.4, 0.5) is 26.2 Å². The maximum Gasteiger partial charge on any atom is 0.280 e. The van der Waals surface area contributed by atoms with Crippen LogP contribution in [0.25, 0.3) is 10.9 Å². The lowest BCUT2D eigenvalue weighted by Crippen LogP contribution is -2.72. The van der Waals surface area contributed by atoms with Crippen molar-refractivity contribution in [3.8, 4) is 0 Å². The van der Waals surface area contributed by atoms with Crippen molar-refractivity contribution >= 4 is 38.4 Å². The number of hydrogen-bond donors (Lipinski definition) is 1. The van der Waals surface area contributed by atoms with Crippen LogP contribution >= 0.6 is 0 Å². The number of halogens is 2. The van der Waals surface area contributed by atoms with Crippen molar-refractivity contribution in [1.82, 2.24) is 24.2 Å². The number of rotatable bonds is 6. The molecule has 5 heterocycles. The van der Waals surface area contributed by atoms with Gasteiger partial charge in [-0.25, -0.2) is 32.2 Å². The molecule has 2 saturated heterocycles. The summed E-state index contributed by atoms with van der Waals surface area (Å²) in [6.45, 7) is 4.45. The number of hydrogen-bond acceptors (Lipinski definition) is 8. The fraction of sp³-hybridized carbons (Fsp3) is 0.500. The minimum absolute atomic E-state index is 0.231. The highest BCUT2D eigenvalue weighted by atomic mass is 32.2. The largest absolute Gasteiger partial charge is 0.353 e. The van der Waals surface area contributed by atoms with Gasteiger partial charge in [0.25, 0.3) is 6.43 Å². The number of nitrogens with zero attached hydrogens (tertiary/aromatic N) is 6. The molecule has 3 aliphatic heterocycles. The fourth-order valence-corrected chi connectivity index (χ4v) is 6.96. The lowest BCUT2D eigenvalue weighted by atomic mass is 9.72. The molecule has 2 aromatic heterocycles. The van der Waals surface area contributed by atoms with E-state index < -0.39 is 16.4 Å². The zero-order valence-electron chi connectivity index (χ0n) is 21.1. The third-order valence-corrected chi connectivity index (χ3v) is 9.48. The number of pyridine rings is 1. The third-order valence-electron chi connectivity index (χ3n) is 8.23. The normalized spacial score (nSPS) is 21.4. The summed E-state index contributed by atoms with van der Waals surface area (Å²) in [4.78, 5) is 18.1. The van der Waals surface area contributed by atoms with Crippen LogP contribution in [0.1, 0.15) is 36.1 Å². The number of alkyl halides is 2.